The van der Waals surface area contributed by atoms with Crippen LogP contribution < -0.4 is 4.72 Å². The number of hydrogen-bond acceptors (Lipinski definition) is 6. The number of aromatic nitrogens is 3. The Morgan fingerprint density at radius 1 is 1.30 bits per heavy atom. The summed E-state index contributed by atoms with van der Waals surface area (Å²) in [6.07, 6.45) is 3.94. The summed E-state index contributed by atoms with van der Waals surface area (Å²) in [6, 6.07) is 2.91. The van der Waals surface area contributed by atoms with Gasteiger partial charge in [-0.05, 0) is 32.9 Å². The molecule has 0 saturated heterocycles. The van der Waals surface area contributed by atoms with E-state index >= 15 is 0 Å². The molecular weight excluding hydrogens is 320 g/mol. The van der Waals surface area contributed by atoms with Gasteiger partial charge in [0.2, 0.25) is 0 Å². The van der Waals surface area contributed by atoms with Crippen molar-refractivity contribution in [2.75, 3.05) is 4.72 Å². The van der Waals surface area contributed by atoms with Crippen molar-refractivity contribution in [1.29, 1.82) is 0 Å². The number of nitrogens with one attached hydrogen (secondary N) is 1. The summed E-state index contributed by atoms with van der Waals surface area (Å²) >= 11 is 0. The highest BCUT2D eigenvalue weighted by molar-refractivity contribution is 7.92. The molecule has 2 aromatic rings. The number of anilines is 1. The predicted molar refractivity (Wildman–Crippen MR) is 83.4 cm³/mol. The fourth-order valence-electron chi connectivity index (χ4n) is 1.73. The molecule has 0 aliphatic rings. The Labute approximate surface area is 134 Å². The van der Waals surface area contributed by atoms with Gasteiger partial charge in [-0.3, -0.25) is 14.4 Å². The van der Waals surface area contributed by atoms with Gasteiger partial charge in [0.05, 0.1) is 6.20 Å². The second kappa shape index (κ2) is 5.99. The van der Waals surface area contributed by atoms with Crippen molar-refractivity contribution >= 4 is 21.8 Å². The van der Waals surface area contributed by atoms with Gasteiger partial charge in [-0.25, -0.2) is 13.2 Å². The van der Waals surface area contributed by atoms with E-state index in [1.807, 2.05) is 0 Å². The van der Waals surface area contributed by atoms with E-state index in [-0.39, 0.29) is 16.3 Å². The molecule has 0 bridgehead atoms. The molecule has 0 atom stereocenters. The van der Waals surface area contributed by atoms with Gasteiger partial charge in [0.15, 0.2) is 5.82 Å². The quantitative estimate of drug-likeness (QED) is 0.849. The summed E-state index contributed by atoms with van der Waals surface area (Å²) in [5.74, 6) is -0.627. The Morgan fingerprint density at radius 2 is 2.00 bits per heavy atom. The van der Waals surface area contributed by atoms with Crippen molar-refractivity contribution in [3.8, 4) is 0 Å². The van der Waals surface area contributed by atoms with Gasteiger partial charge in [-0.15, -0.1) is 0 Å². The molecule has 0 aliphatic carbocycles. The first-order valence-electron chi connectivity index (χ1n) is 6.78. The van der Waals surface area contributed by atoms with Crippen LogP contribution in [0.3, 0.4) is 0 Å². The van der Waals surface area contributed by atoms with E-state index in [9.17, 15) is 13.2 Å². The topological polar surface area (TPSA) is 103 Å². The summed E-state index contributed by atoms with van der Waals surface area (Å²) in [6.45, 7) is 5.17. The van der Waals surface area contributed by atoms with Crippen LogP contribution in [-0.2, 0) is 21.8 Å². The number of carbonyl (C=O) groups is 1. The Balaban J connectivity index is 2.35. The number of nitrogens with zero attached hydrogens (tertiary/aromatic N) is 3. The average molecular weight is 338 g/mol. The lowest BCUT2D eigenvalue weighted by Gasteiger charge is -2.19. The minimum absolute atomic E-state index is 0.0173. The SMILES string of the molecule is Cn1ncc(C(=O)OC(C)(C)C)c1NS(=O)(=O)c1cccnc1. The van der Waals surface area contributed by atoms with Crippen molar-refractivity contribution in [2.45, 2.75) is 31.3 Å². The largest absolute Gasteiger partial charge is 0.456 e. The Kier molecular flexibility index (Phi) is 4.42. The molecule has 0 spiro atoms. The Morgan fingerprint density at radius 3 is 2.57 bits per heavy atom. The summed E-state index contributed by atoms with van der Waals surface area (Å²) in [7, 11) is -2.36. The maximum atomic E-state index is 12.4. The van der Waals surface area contributed by atoms with Gasteiger partial charge < -0.3 is 4.74 Å². The van der Waals surface area contributed by atoms with E-state index in [0.717, 1.165) is 0 Å². The zero-order chi connectivity index (χ0) is 17.3. The molecule has 0 amide bonds. The molecule has 0 saturated carbocycles. The summed E-state index contributed by atoms with van der Waals surface area (Å²) in [5.41, 5.74) is -0.665. The Bertz CT molecular complexity index is 807. The molecule has 0 radical (unpaired) electrons. The highest BCUT2D eigenvalue weighted by Crippen LogP contribution is 2.22. The van der Waals surface area contributed by atoms with E-state index in [1.165, 1.54) is 42.5 Å². The summed E-state index contributed by atoms with van der Waals surface area (Å²) in [5, 5.41) is 3.92. The minimum atomic E-state index is -3.89. The molecule has 9 heteroatoms. The van der Waals surface area contributed by atoms with E-state index in [2.05, 4.69) is 14.8 Å². The third-order valence-electron chi connectivity index (χ3n) is 2.73. The molecule has 8 nitrogen and oxygen atoms in total. The number of carbonyl (C=O) groups excluding carboxylic acids is 1. The number of ether oxygens (including phenoxy) is 1. The van der Waals surface area contributed by atoms with Gasteiger partial charge in [0, 0.05) is 19.4 Å². The van der Waals surface area contributed by atoms with Crippen LogP contribution in [0, 0.1) is 0 Å². The number of aryl methyl sites for hydroxylation is 1. The van der Waals surface area contributed by atoms with Gasteiger partial charge in [-0.2, -0.15) is 5.10 Å². The van der Waals surface area contributed by atoms with Crippen molar-refractivity contribution in [3.05, 3.63) is 36.3 Å². The number of rotatable bonds is 4. The molecule has 23 heavy (non-hydrogen) atoms. The molecule has 2 heterocycles. The van der Waals surface area contributed by atoms with E-state index in [1.54, 1.807) is 20.8 Å². The van der Waals surface area contributed by atoms with Crippen molar-refractivity contribution in [1.82, 2.24) is 14.8 Å². The van der Waals surface area contributed by atoms with Crippen LogP contribution in [-0.4, -0.2) is 34.8 Å². The number of sulfonamides is 1. The zero-order valence-electron chi connectivity index (χ0n) is 13.3. The first-order chi connectivity index (χ1) is 10.6. The second-order valence-electron chi connectivity index (χ2n) is 5.83. The van der Waals surface area contributed by atoms with Crippen LogP contribution in [0.1, 0.15) is 31.1 Å². The standard InChI is InChI=1S/C14H18N4O4S/c1-14(2,3)22-13(19)11-9-16-18(4)12(11)17-23(20,21)10-6-5-7-15-8-10/h5-9,17H,1-4H3. The summed E-state index contributed by atoms with van der Waals surface area (Å²) in [4.78, 5) is 16.0. The second-order valence-corrected chi connectivity index (χ2v) is 7.51. The highest BCUT2D eigenvalue weighted by atomic mass is 32.2. The molecule has 0 fully saturated rings. The monoisotopic (exact) mass is 338 g/mol. The Hall–Kier alpha value is -2.42. The first-order valence-corrected chi connectivity index (χ1v) is 8.27. The van der Waals surface area contributed by atoms with Crippen LogP contribution >= 0.6 is 0 Å². The third-order valence-corrected chi connectivity index (χ3v) is 4.06. The number of esters is 1. The molecule has 1 N–H and O–H groups in total. The van der Waals surface area contributed by atoms with E-state index in [0.29, 0.717) is 0 Å². The van der Waals surface area contributed by atoms with Crippen molar-refractivity contribution < 1.29 is 17.9 Å². The number of hydrogen-bond donors (Lipinski definition) is 1. The van der Waals surface area contributed by atoms with Crippen LogP contribution in [0.25, 0.3) is 0 Å². The van der Waals surface area contributed by atoms with Crippen molar-refractivity contribution in [3.63, 3.8) is 0 Å². The van der Waals surface area contributed by atoms with Crippen LogP contribution in [0.5, 0.6) is 0 Å². The normalized spacial score (nSPS) is 12.0. The van der Waals surface area contributed by atoms with Crippen LogP contribution in [0.2, 0.25) is 0 Å². The van der Waals surface area contributed by atoms with E-state index < -0.39 is 21.6 Å². The fourth-order valence-corrected chi connectivity index (χ4v) is 2.81. The maximum Gasteiger partial charge on any atom is 0.344 e. The minimum Gasteiger partial charge on any atom is -0.456 e. The number of pyridine rings is 1. The lowest BCUT2D eigenvalue weighted by atomic mass is 10.2. The predicted octanol–water partition coefficient (Wildman–Crippen LogP) is 1.57. The molecule has 0 unspecified atom stereocenters. The van der Waals surface area contributed by atoms with Gasteiger partial charge in [-0.1, -0.05) is 0 Å². The molecular formula is C14H18N4O4S. The smallest absolute Gasteiger partial charge is 0.344 e. The highest BCUT2D eigenvalue weighted by Gasteiger charge is 2.26. The fraction of sp³-hybridized carbons (Fsp3) is 0.357. The lowest BCUT2D eigenvalue weighted by molar-refractivity contribution is 0.00707. The third kappa shape index (κ3) is 4.07. The van der Waals surface area contributed by atoms with Crippen molar-refractivity contribution in [2.24, 2.45) is 7.05 Å². The average Bonchev–Trinajstić information content (AvgIpc) is 2.79. The lowest BCUT2D eigenvalue weighted by Crippen LogP contribution is -2.25. The molecule has 2 rings (SSSR count). The molecule has 0 aromatic carbocycles. The molecule has 2 aromatic heterocycles. The maximum absolute atomic E-state index is 12.4. The van der Waals surface area contributed by atoms with Gasteiger partial charge >= 0.3 is 5.97 Å². The summed E-state index contributed by atoms with van der Waals surface area (Å²) < 4.78 is 33.6. The van der Waals surface area contributed by atoms with E-state index in [4.69, 9.17) is 4.74 Å². The first kappa shape index (κ1) is 16.9. The van der Waals surface area contributed by atoms with Crippen LogP contribution in [0.4, 0.5) is 5.82 Å². The van der Waals surface area contributed by atoms with Crippen LogP contribution in [0.15, 0.2) is 35.6 Å². The van der Waals surface area contributed by atoms with Gasteiger partial charge in [0.1, 0.15) is 16.1 Å². The zero-order valence-corrected chi connectivity index (χ0v) is 14.1. The molecule has 124 valence electrons. The van der Waals surface area contributed by atoms with Gasteiger partial charge in [0.25, 0.3) is 10.0 Å². The molecule has 0 aliphatic heterocycles.